The molecule has 37 heavy (non-hydrogen) atoms. The van der Waals surface area contributed by atoms with Gasteiger partial charge in [0.05, 0.1) is 0 Å². The fourth-order valence-electron chi connectivity index (χ4n) is 4.74. The monoisotopic (exact) mass is 504 g/mol. The van der Waals surface area contributed by atoms with Gasteiger partial charge in [0.15, 0.2) is 0 Å². The molecule has 3 heteroatoms. The summed E-state index contributed by atoms with van der Waals surface area (Å²) in [5.41, 5.74) is 7.19. The van der Waals surface area contributed by atoms with Gasteiger partial charge < -0.3 is 4.90 Å². The number of rotatable bonds is 15. The lowest BCUT2D eigenvalue weighted by atomic mass is 10.0. The van der Waals surface area contributed by atoms with E-state index in [9.17, 15) is 4.79 Å². The molecule has 0 unspecified atom stereocenters. The zero-order chi connectivity index (χ0) is 26.9. The SMILES string of the molecule is CC(C)=CCCC(C)=CCCC(C)=CCCC(C)=CCCC(=O)N1CCN(CCc2ccccc2)CC1. The Labute approximate surface area is 228 Å². The highest BCUT2D eigenvalue weighted by molar-refractivity contribution is 5.76. The fourth-order valence-corrected chi connectivity index (χ4v) is 4.74. The molecule has 0 atom stereocenters. The van der Waals surface area contributed by atoms with Crippen LogP contribution in [-0.4, -0.2) is 48.4 Å². The molecule has 0 radical (unpaired) electrons. The second-order valence-corrected chi connectivity index (χ2v) is 11.0. The van der Waals surface area contributed by atoms with Gasteiger partial charge in [-0.2, -0.15) is 0 Å². The Morgan fingerprint density at radius 1 is 0.676 bits per heavy atom. The van der Waals surface area contributed by atoms with E-state index in [1.54, 1.807) is 0 Å². The van der Waals surface area contributed by atoms with Crippen LogP contribution in [0.3, 0.4) is 0 Å². The average Bonchev–Trinajstić information content (AvgIpc) is 2.88. The maximum atomic E-state index is 12.7. The van der Waals surface area contributed by atoms with E-state index in [0.717, 1.165) is 77.7 Å². The largest absolute Gasteiger partial charge is 0.340 e. The summed E-state index contributed by atoms with van der Waals surface area (Å²) < 4.78 is 0. The van der Waals surface area contributed by atoms with Gasteiger partial charge in [-0.25, -0.2) is 0 Å². The molecule has 2 rings (SSSR count). The maximum absolute atomic E-state index is 12.7. The highest BCUT2D eigenvalue weighted by atomic mass is 16.2. The van der Waals surface area contributed by atoms with E-state index in [1.807, 2.05) is 0 Å². The number of carbonyl (C=O) groups excluding carboxylic acids is 1. The second kappa shape index (κ2) is 18.0. The van der Waals surface area contributed by atoms with Crippen molar-refractivity contribution >= 4 is 5.91 Å². The Morgan fingerprint density at radius 2 is 1.16 bits per heavy atom. The quantitative estimate of drug-likeness (QED) is 0.224. The van der Waals surface area contributed by atoms with Crippen LogP contribution in [0.2, 0.25) is 0 Å². The molecule has 0 saturated carbocycles. The lowest BCUT2D eigenvalue weighted by Crippen LogP contribution is -2.49. The van der Waals surface area contributed by atoms with E-state index in [1.165, 1.54) is 34.3 Å². The molecule has 0 aromatic heterocycles. The summed E-state index contributed by atoms with van der Waals surface area (Å²) in [5.74, 6) is 0.312. The summed E-state index contributed by atoms with van der Waals surface area (Å²) in [4.78, 5) is 17.2. The maximum Gasteiger partial charge on any atom is 0.222 e. The van der Waals surface area contributed by atoms with Crippen molar-refractivity contribution in [2.75, 3.05) is 32.7 Å². The zero-order valence-electron chi connectivity index (χ0n) is 24.4. The minimum atomic E-state index is 0.312. The molecule has 1 aromatic carbocycles. The van der Waals surface area contributed by atoms with Crippen LogP contribution in [0.5, 0.6) is 0 Å². The molecule has 0 bridgehead atoms. The van der Waals surface area contributed by atoms with Crippen molar-refractivity contribution in [2.45, 2.75) is 92.4 Å². The van der Waals surface area contributed by atoms with Gasteiger partial charge in [0, 0.05) is 39.1 Å². The van der Waals surface area contributed by atoms with Crippen molar-refractivity contribution in [1.82, 2.24) is 9.80 Å². The van der Waals surface area contributed by atoms with E-state index in [0.29, 0.717) is 12.3 Å². The summed E-state index contributed by atoms with van der Waals surface area (Å²) in [6.45, 7) is 15.8. The van der Waals surface area contributed by atoms with Gasteiger partial charge in [0.25, 0.3) is 0 Å². The molecule has 1 aromatic rings. The van der Waals surface area contributed by atoms with Crippen molar-refractivity contribution in [3.63, 3.8) is 0 Å². The van der Waals surface area contributed by atoms with Crippen LogP contribution in [0.15, 0.2) is 76.9 Å². The number of allylic oxidation sites excluding steroid dienone is 8. The number of amides is 1. The smallest absolute Gasteiger partial charge is 0.222 e. The minimum Gasteiger partial charge on any atom is -0.340 e. The van der Waals surface area contributed by atoms with Crippen molar-refractivity contribution < 1.29 is 4.79 Å². The molecule has 1 aliphatic heterocycles. The summed E-state index contributed by atoms with van der Waals surface area (Å²) in [7, 11) is 0. The Kier molecular flexibility index (Phi) is 15.0. The second-order valence-electron chi connectivity index (χ2n) is 11.0. The molecule has 204 valence electrons. The van der Waals surface area contributed by atoms with Crippen LogP contribution in [0.4, 0.5) is 0 Å². The summed E-state index contributed by atoms with van der Waals surface area (Å²) in [6, 6.07) is 10.7. The summed E-state index contributed by atoms with van der Waals surface area (Å²) in [5, 5.41) is 0. The van der Waals surface area contributed by atoms with E-state index < -0.39 is 0 Å². The third-order valence-corrected chi connectivity index (χ3v) is 7.29. The number of carbonyl (C=O) groups is 1. The van der Waals surface area contributed by atoms with Gasteiger partial charge >= 0.3 is 0 Å². The fraction of sp³-hybridized carbons (Fsp3) is 0.559. The molecule has 1 heterocycles. The lowest BCUT2D eigenvalue weighted by Gasteiger charge is -2.34. The first kappa shape index (κ1) is 30.8. The first-order chi connectivity index (χ1) is 17.8. The van der Waals surface area contributed by atoms with Gasteiger partial charge in [-0.3, -0.25) is 9.69 Å². The highest BCUT2D eigenvalue weighted by Gasteiger charge is 2.20. The van der Waals surface area contributed by atoms with Gasteiger partial charge in [0.2, 0.25) is 5.91 Å². The summed E-state index contributed by atoms with van der Waals surface area (Å²) in [6.07, 6.45) is 18.8. The average molecular weight is 505 g/mol. The van der Waals surface area contributed by atoms with Crippen LogP contribution in [0, 0.1) is 0 Å². The van der Waals surface area contributed by atoms with Gasteiger partial charge in [-0.15, -0.1) is 0 Å². The molecular weight excluding hydrogens is 452 g/mol. The Hall–Kier alpha value is -2.39. The Balaban J connectivity index is 1.57. The van der Waals surface area contributed by atoms with Gasteiger partial charge in [-0.1, -0.05) is 76.9 Å². The van der Waals surface area contributed by atoms with E-state index in [2.05, 4.69) is 99.1 Å². The standard InChI is InChI=1S/C34H52N2O/c1-29(2)13-9-14-30(3)15-10-16-31(4)17-11-18-32(5)19-12-22-34(37)36-27-25-35(26-28-36)24-23-33-20-7-6-8-21-33/h6-8,13,15,17,19-21H,9-12,14,16,18,22-28H2,1-5H3. The Bertz CT molecular complexity index is 910. The Morgan fingerprint density at radius 3 is 1.68 bits per heavy atom. The predicted molar refractivity (Wildman–Crippen MR) is 161 cm³/mol. The lowest BCUT2D eigenvalue weighted by molar-refractivity contribution is -0.132. The number of nitrogens with zero attached hydrogens (tertiary/aromatic N) is 2. The van der Waals surface area contributed by atoms with E-state index in [4.69, 9.17) is 0 Å². The molecule has 1 aliphatic rings. The first-order valence-electron chi connectivity index (χ1n) is 14.5. The molecule has 1 fully saturated rings. The number of hydrogen-bond acceptors (Lipinski definition) is 2. The molecule has 0 spiro atoms. The van der Waals surface area contributed by atoms with Crippen LogP contribution in [-0.2, 0) is 11.2 Å². The minimum absolute atomic E-state index is 0.312. The van der Waals surface area contributed by atoms with E-state index in [-0.39, 0.29) is 0 Å². The van der Waals surface area contributed by atoms with Crippen molar-refractivity contribution in [3.05, 3.63) is 82.5 Å². The predicted octanol–water partition coefficient (Wildman–Crippen LogP) is 8.30. The normalized spacial score (nSPS) is 15.7. The van der Waals surface area contributed by atoms with E-state index >= 15 is 0 Å². The molecule has 0 aliphatic carbocycles. The molecule has 1 amide bonds. The van der Waals surface area contributed by atoms with Crippen LogP contribution < -0.4 is 0 Å². The van der Waals surface area contributed by atoms with Crippen LogP contribution >= 0.6 is 0 Å². The highest BCUT2D eigenvalue weighted by Crippen LogP contribution is 2.14. The van der Waals surface area contributed by atoms with Crippen molar-refractivity contribution in [3.8, 4) is 0 Å². The number of piperazine rings is 1. The molecular formula is C34H52N2O. The number of hydrogen-bond donors (Lipinski definition) is 0. The van der Waals surface area contributed by atoms with Gasteiger partial charge in [-0.05, 0) is 91.5 Å². The third kappa shape index (κ3) is 14.2. The third-order valence-electron chi connectivity index (χ3n) is 7.29. The molecule has 0 N–H and O–H groups in total. The summed E-state index contributed by atoms with van der Waals surface area (Å²) >= 11 is 0. The first-order valence-corrected chi connectivity index (χ1v) is 14.5. The zero-order valence-corrected chi connectivity index (χ0v) is 24.4. The van der Waals surface area contributed by atoms with Gasteiger partial charge in [0.1, 0.15) is 0 Å². The topological polar surface area (TPSA) is 23.6 Å². The van der Waals surface area contributed by atoms with Crippen molar-refractivity contribution in [1.29, 1.82) is 0 Å². The number of benzene rings is 1. The van der Waals surface area contributed by atoms with Crippen LogP contribution in [0.25, 0.3) is 0 Å². The molecule has 1 saturated heterocycles. The van der Waals surface area contributed by atoms with Crippen molar-refractivity contribution in [2.24, 2.45) is 0 Å². The molecule has 3 nitrogen and oxygen atoms in total. The van der Waals surface area contributed by atoms with Crippen LogP contribution in [0.1, 0.15) is 91.5 Å².